The fraction of sp³-hybridized carbons (Fsp3) is 0.621. The number of hydrogen-bond donors (Lipinski definition) is 3. The molecule has 3 unspecified atom stereocenters. The Morgan fingerprint density at radius 1 is 1.11 bits per heavy atom. The molecule has 3 N–H and O–H groups in total. The Morgan fingerprint density at radius 3 is 2.38 bits per heavy atom. The molecule has 1 aromatic carbocycles. The van der Waals surface area contributed by atoms with Gasteiger partial charge in [-0.3, -0.25) is 9.59 Å². The van der Waals surface area contributed by atoms with Crippen molar-refractivity contribution in [2.45, 2.75) is 104 Å². The molecule has 0 aromatic heterocycles. The maximum atomic E-state index is 13.8. The second-order valence-electron chi connectivity index (χ2n) is 10.4. The van der Waals surface area contributed by atoms with Crippen LogP contribution in [-0.4, -0.2) is 58.8 Å². The largest absolute Gasteiger partial charge is 0.444 e. The van der Waals surface area contributed by atoms with Gasteiger partial charge in [-0.1, -0.05) is 70.4 Å². The van der Waals surface area contributed by atoms with Crippen LogP contribution in [0.4, 0.5) is 4.79 Å². The Labute approximate surface area is 222 Å². The number of carbonyl (C=O) groups is 3. The number of alkyl carbamates (subject to hydrolysis) is 1. The van der Waals surface area contributed by atoms with Crippen molar-refractivity contribution in [1.29, 1.82) is 0 Å². The Bertz CT molecular complexity index is 881. The minimum Gasteiger partial charge on any atom is -0.444 e. The number of benzene rings is 1. The van der Waals surface area contributed by atoms with Crippen LogP contribution in [0.5, 0.6) is 0 Å². The normalized spacial score (nSPS) is 13.7. The van der Waals surface area contributed by atoms with E-state index in [1.165, 1.54) is 4.90 Å². The van der Waals surface area contributed by atoms with E-state index < -0.39 is 36.3 Å². The Hall–Kier alpha value is -2.87. The highest BCUT2D eigenvalue weighted by molar-refractivity contribution is 5.92. The molecule has 0 spiro atoms. The molecule has 0 aliphatic heterocycles. The molecule has 0 radical (unpaired) electrons. The number of rotatable bonds is 15. The third-order valence-electron chi connectivity index (χ3n) is 5.84. The molecule has 1 aromatic rings. The fourth-order valence-corrected chi connectivity index (χ4v) is 4.07. The van der Waals surface area contributed by atoms with E-state index in [0.29, 0.717) is 18.5 Å². The maximum Gasteiger partial charge on any atom is 0.408 e. The molecule has 0 aliphatic rings. The van der Waals surface area contributed by atoms with Crippen molar-refractivity contribution in [3.63, 3.8) is 0 Å². The van der Waals surface area contributed by atoms with Crippen LogP contribution in [0.3, 0.4) is 0 Å². The summed E-state index contributed by atoms with van der Waals surface area (Å²) < 4.78 is 5.29. The van der Waals surface area contributed by atoms with Crippen molar-refractivity contribution >= 4 is 24.0 Å². The lowest BCUT2D eigenvalue weighted by Gasteiger charge is -2.35. The van der Waals surface area contributed by atoms with Crippen LogP contribution in [0.2, 0.25) is 0 Å². The van der Waals surface area contributed by atoms with Gasteiger partial charge in [-0.15, -0.1) is 0 Å². The van der Waals surface area contributed by atoms with E-state index in [1.807, 2.05) is 38.1 Å². The van der Waals surface area contributed by atoms with Gasteiger partial charge in [0, 0.05) is 12.6 Å². The fourth-order valence-electron chi connectivity index (χ4n) is 4.07. The van der Waals surface area contributed by atoms with E-state index in [-0.39, 0.29) is 11.9 Å². The van der Waals surface area contributed by atoms with E-state index >= 15 is 0 Å². The number of carbonyl (C=O) groups excluding carboxylic acids is 3. The highest BCUT2D eigenvalue weighted by atomic mass is 16.6. The molecular formula is C29H47N3O5. The third kappa shape index (κ3) is 11.4. The molecule has 1 rings (SSSR count). The summed E-state index contributed by atoms with van der Waals surface area (Å²) in [7, 11) is 0. The lowest BCUT2D eigenvalue weighted by Crippen LogP contribution is -2.55. The molecule has 0 saturated heterocycles. The number of amides is 3. The topological polar surface area (TPSA) is 108 Å². The highest BCUT2D eigenvalue weighted by Gasteiger charge is 2.36. The first-order chi connectivity index (χ1) is 17.5. The second-order valence-corrected chi connectivity index (χ2v) is 10.4. The zero-order valence-corrected chi connectivity index (χ0v) is 23.5. The number of hydrogen-bond acceptors (Lipinski definition) is 5. The van der Waals surface area contributed by atoms with E-state index in [9.17, 15) is 19.5 Å². The van der Waals surface area contributed by atoms with Crippen molar-refractivity contribution in [3.8, 4) is 0 Å². The van der Waals surface area contributed by atoms with Crippen molar-refractivity contribution in [3.05, 3.63) is 42.0 Å². The summed E-state index contributed by atoms with van der Waals surface area (Å²) >= 11 is 0. The SMILES string of the molecule is C=Cc1cccc(C(C(=O)NC(C)CCC)N(CCCCCC)C(=O)C(CO)NC(=O)OC(C)(C)C)c1. The first-order valence-corrected chi connectivity index (χ1v) is 13.4. The average Bonchev–Trinajstić information content (AvgIpc) is 2.83. The predicted octanol–water partition coefficient (Wildman–Crippen LogP) is 4.97. The molecule has 37 heavy (non-hydrogen) atoms. The molecular weight excluding hydrogens is 470 g/mol. The van der Waals surface area contributed by atoms with Crippen molar-refractivity contribution in [1.82, 2.24) is 15.5 Å². The third-order valence-corrected chi connectivity index (χ3v) is 5.84. The van der Waals surface area contributed by atoms with Crippen molar-refractivity contribution in [2.75, 3.05) is 13.2 Å². The zero-order valence-electron chi connectivity index (χ0n) is 23.5. The van der Waals surface area contributed by atoms with Crippen LogP contribution in [0.15, 0.2) is 30.8 Å². The van der Waals surface area contributed by atoms with E-state index in [0.717, 1.165) is 37.7 Å². The van der Waals surface area contributed by atoms with Gasteiger partial charge in [0.05, 0.1) is 6.61 Å². The number of nitrogens with one attached hydrogen (secondary N) is 2. The molecule has 0 fully saturated rings. The lowest BCUT2D eigenvalue weighted by molar-refractivity contribution is -0.143. The molecule has 8 nitrogen and oxygen atoms in total. The first-order valence-electron chi connectivity index (χ1n) is 13.4. The molecule has 3 atom stereocenters. The van der Waals surface area contributed by atoms with E-state index in [4.69, 9.17) is 4.74 Å². The van der Waals surface area contributed by atoms with Gasteiger partial charge in [-0.05, 0) is 57.7 Å². The number of aliphatic hydroxyl groups is 1. The highest BCUT2D eigenvalue weighted by Crippen LogP contribution is 2.25. The van der Waals surface area contributed by atoms with Gasteiger partial charge in [0.2, 0.25) is 11.8 Å². The summed E-state index contributed by atoms with van der Waals surface area (Å²) in [6.07, 6.45) is 6.17. The van der Waals surface area contributed by atoms with Gasteiger partial charge in [-0.25, -0.2) is 4.79 Å². The van der Waals surface area contributed by atoms with E-state index in [2.05, 4.69) is 24.1 Å². The maximum absolute atomic E-state index is 13.8. The molecule has 0 aliphatic carbocycles. The number of aliphatic hydroxyl groups excluding tert-OH is 1. The first kappa shape index (κ1) is 32.2. The summed E-state index contributed by atoms with van der Waals surface area (Å²) in [5.41, 5.74) is 0.688. The van der Waals surface area contributed by atoms with Gasteiger partial charge >= 0.3 is 6.09 Å². The van der Waals surface area contributed by atoms with Gasteiger partial charge in [0.15, 0.2) is 0 Å². The average molecular weight is 518 g/mol. The number of ether oxygens (including phenoxy) is 1. The van der Waals surface area contributed by atoms with Gasteiger partial charge in [0.1, 0.15) is 17.7 Å². The Morgan fingerprint density at radius 2 is 1.81 bits per heavy atom. The minimum absolute atomic E-state index is 0.0758. The molecule has 0 saturated carbocycles. The molecule has 3 amide bonds. The summed E-state index contributed by atoms with van der Waals surface area (Å²) in [4.78, 5) is 41.4. The van der Waals surface area contributed by atoms with Crippen molar-refractivity contribution in [2.24, 2.45) is 0 Å². The Kier molecular flexibility index (Phi) is 14.0. The minimum atomic E-state index is -1.26. The monoisotopic (exact) mass is 517 g/mol. The van der Waals surface area contributed by atoms with Crippen LogP contribution in [0.25, 0.3) is 6.08 Å². The standard InChI is InChI=1S/C29H47N3O5/c1-8-11-12-13-18-32(27(35)24(20-33)31-28(36)37-29(5,6)7)25(26(34)30-21(4)15-9-2)23-17-14-16-22(10-3)19-23/h10,14,16-17,19,21,24-25,33H,3,8-9,11-13,15,18,20H2,1-2,4-7H3,(H,30,34)(H,31,36). The number of nitrogens with zero attached hydrogens (tertiary/aromatic N) is 1. The van der Waals surface area contributed by atoms with Gasteiger partial charge in [0.25, 0.3) is 0 Å². The van der Waals surface area contributed by atoms with Crippen molar-refractivity contribution < 1.29 is 24.2 Å². The Balaban J connectivity index is 3.44. The second kappa shape index (κ2) is 16.1. The summed E-state index contributed by atoms with van der Waals surface area (Å²) in [5.74, 6) is -0.850. The summed E-state index contributed by atoms with van der Waals surface area (Å²) in [6, 6.07) is 5.07. The van der Waals surface area contributed by atoms with E-state index in [1.54, 1.807) is 26.8 Å². The van der Waals surface area contributed by atoms with Crippen LogP contribution in [0.1, 0.15) is 97.2 Å². The van der Waals surface area contributed by atoms with Crippen LogP contribution in [-0.2, 0) is 14.3 Å². The molecule has 8 heteroatoms. The van der Waals surface area contributed by atoms with Crippen LogP contribution < -0.4 is 10.6 Å². The zero-order chi connectivity index (χ0) is 28.0. The molecule has 0 heterocycles. The smallest absolute Gasteiger partial charge is 0.408 e. The van der Waals surface area contributed by atoms with Gasteiger partial charge < -0.3 is 25.4 Å². The summed E-state index contributed by atoms with van der Waals surface area (Å²) in [6.45, 7) is 14.7. The summed E-state index contributed by atoms with van der Waals surface area (Å²) in [5, 5.41) is 15.6. The quantitative estimate of drug-likeness (QED) is 0.285. The van der Waals surface area contributed by atoms with Gasteiger partial charge in [-0.2, -0.15) is 0 Å². The molecule has 0 bridgehead atoms. The number of unbranched alkanes of at least 4 members (excludes halogenated alkanes) is 3. The lowest BCUT2D eigenvalue weighted by atomic mass is 9.99. The van der Waals surface area contributed by atoms with Crippen LogP contribution in [0, 0.1) is 0 Å². The predicted molar refractivity (Wildman–Crippen MR) is 148 cm³/mol. The van der Waals surface area contributed by atoms with Crippen LogP contribution >= 0.6 is 0 Å². The molecule has 208 valence electrons.